The van der Waals surface area contributed by atoms with Gasteiger partial charge in [-0.1, -0.05) is 37.3 Å². The molecule has 0 bridgehead atoms. The minimum atomic E-state index is 0.182. The highest BCUT2D eigenvalue weighted by molar-refractivity contribution is 5.26. The van der Waals surface area contributed by atoms with Crippen LogP contribution < -0.4 is 5.32 Å². The largest absolute Gasteiger partial charge is 0.379 e. The van der Waals surface area contributed by atoms with Crippen LogP contribution in [0.3, 0.4) is 0 Å². The van der Waals surface area contributed by atoms with Crippen LogP contribution in [-0.2, 0) is 10.2 Å². The summed E-state index contributed by atoms with van der Waals surface area (Å²) in [5.41, 5.74) is 1.63. The Hall–Kier alpha value is -0.900. The van der Waals surface area contributed by atoms with E-state index in [1.165, 1.54) is 18.4 Å². The summed E-state index contributed by atoms with van der Waals surface area (Å²) >= 11 is 0. The topological polar surface area (TPSA) is 24.5 Å². The van der Waals surface area contributed by atoms with E-state index in [0.29, 0.717) is 0 Å². The first-order chi connectivity index (χ1) is 9.76. The summed E-state index contributed by atoms with van der Waals surface area (Å²) in [6.45, 7) is 8.45. The van der Waals surface area contributed by atoms with E-state index in [4.69, 9.17) is 4.74 Å². The molecule has 1 aliphatic heterocycles. The number of benzene rings is 1. The first-order valence-electron chi connectivity index (χ1n) is 7.85. The molecule has 0 radical (unpaired) electrons. The Morgan fingerprint density at radius 3 is 2.55 bits per heavy atom. The van der Waals surface area contributed by atoms with Gasteiger partial charge in [0.1, 0.15) is 0 Å². The van der Waals surface area contributed by atoms with Gasteiger partial charge in [-0.2, -0.15) is 0 Å². The zero-order chi connectivity index (χ0) is 13.8. The van der Waals surface area contributed by atoms with E-state index in [0.717, 1.165) is 45.4 Å². The van der Waals surface area contributed by atoms with Gasteiger partial charge in [0.05, 0.1) is 13.2 Å². The quantitative estimate of drug-likeness (QED) is 0.859. The third-order valence-electron chi connectivity index (χ3n) is 4.51. The lowest BCUT2D eigenvalue weighted by molar-refractivity contribution is 0.0280. The van der Waals surface area contributed by atoms with Crippen molar-refractivity contribution in [1.29, 1.82) is 0 Å². The fraction of sp³-hybridized carbons (Fsp3) is 0.647. The molecule has 3 rings (SSSR count). The molecule has 1 aromatic rings. The van der Waals surface area contributed by atoms with Gasteiger partial charge in [0, 0.05) is 37.6 Å². The molecular weight excluding hydrogens is 248 g/mol. The fourth-order valence-corrected chi connectivity index (χ4v) is 3.00. The Morgan fingerprint density at radius 2 is 1.90 bits per heavy atom. The first-order valence-corrected chi connectivity index (χ1v) is 7.85. The van der Waals surface area contributed by atoms with Crippen LogP contribution in [0.2, 0.25) is 0 Å². The lowest BCUT2D eigenvalue weighted by Crippen LogP contribution is -2.49. The number of hydrogen-bond acceptors (Lipinski definition) is 3. The summed E-state index contributed by atoms with van der Waals surface area (Å²) in [5.74, 6) is 0. The van der Waals surface area contributed by atoms with Crippen molar-refractivity contribution in [3.63, 3.8) is 0 Å². The van der Waals surface area contributed by atoms with Crippen molar-refractivity contribution in [3.8, 4) is 0 Å². The Labute approximate surface area is 122 Å². The summed E-state index contributed by atoms with van der Waals surface area (Å²) in [6.07, 6.45) is 2.70. The van der Waals surface area contributed by atoms with Crippen molar-refractivity contribution in [2.24, 2.45) is 0 Å². The molecular formula is C17H26N2O. The second kappa shape index (κ2) is 6.25. The van der Waals surface area contributed by atoms with Gasteiger partial charge < -0.3 is 10.1 Å². The molecule has 110 valence electrons. The van der Waals surface area contributed by atoms with Crippen LogP contribution in [0.1, 0.15) is 25.3 Å². The van der Waals surface area contributed by atoms with E-state index in [1.807, 2.05) is 0 Å². The van der Waals surface area contributed by atoms with Crippen LogP contribution in [0.5, 0.6) is 0 Å². The second-order valence-corrected chi connectivity index (χ2v) is 6.47. The predicted octanol–water partition coefficient (Wildman–Crippen LogP) is 2.03. The van der Waals surface area contributed by atoms with Gasteiger partial charge in [-0.15, -0.1) is 0 Å². The highest BCUT2D eigenvalue weighted by Crippen LogP contribution is 2.27. The van der Waals surface area contributed by atoms with Crippen molar-refractivity contribution < 1.29 is 4.74 Å². The lowest BCUT2D eigenvalue weighted by Gasteiger charge is -2.38. The molecule has 1 unspecified atom stereocenters. The zero-order valence-electron chi connectivity index (χ0n) is 12.5. The molecule has 2 fully saturated rings. The Balaban J connectivity index is 1.70. The van der Waals surface area contributed by atoms with E-state index in [2.05, 4.69) is 47.5 Å². The Bertz CT molecular complexity index is 412. The third kappa shape index (κ3) is 3.60. The Morgan fingerprint density at radius 1 is 1.20 bits per heavy atom. The van der Waals surface area contributed by atoms with Gasteiger partial charge in [0.2, 0.25) is 0 Å². The average molecular weight is 274 g/mol. The Kier molecular flexibility index (Phi) is 4.39. The summed E-state index contributed by atoms with van der Waals surface area (Å²) in [7, 11) is 0. The van der Waals surface area contributed by atoms with Crippen LogP contribution in [0.4, 0.5) is 0 Å². The van der Waals surface area contributed by atoms with Crippen molar-refractivity contribution >= 4 is 0 Å². The van der Waals surface area contributed by atoms with Gasteiger partial charge in [0.15, 0.2) is 0 Å². The van der Waals surface area contributed by atoms with E-state index in [9.17, 15) is 0 Å². The molecule has 1 aliphatic carbocycles. The number of nitrogens with one attached hydrogen (secondary N) is 1. The molecule has 3 nitrogen and oxygen atoms in total. The normalized spacial score (nSPS) is 23.4. The third-order valence-corrected chi connectivity index (χ3v) is 4.51. The van der Waals surface area contributed by atoms with E-state index in [-0.39, 0.29) is 5.41 Å². The number of hydrogen-bond donors (Lipinski definition) is 1. The zero-order valence-corrected chi connectivity index (χ0v) is 12.5. The maximum Gasteiger partial charge on any atom is 0.0594 e. The fourth-order valence-electron chi connectivity index (χ4n) is 3.00. The molecule has 0 spiro atoms. The highest BCUT2D eigenvalue weighted by atomic mass is 16.5. The summed E-state index contributed by atoms with van der Waals surface area (Å²) < 4.78 is 5.47. The second-order valence-electron chi connectivity index (χ2n) is 6.47. The number of nitrogens with zero attached hydrogens (tertiary/aromatic N) is 1. The van der Waals surface area contributed by atoms with Crippen LogP contribution in [0.25, 0.3) is 0 Å². The minimum Gasteiger partial charge on any atom is -0.379 e. The molecule has 1 saturated carbocycles. The first kappa shape index (κ1) is 14.1. The van der Waals surface area contributed by atoms with Crippen LogP contribution in [0, 0.1) is 0 Å². The van der Waals surface area contributed by atoms with Gasteiger partial charge in [0.25, 0.3) is 0 Å². The number of rotatable bonds is 6. The molecule has 1 saturated heterocycles. The minimum absolute atomic E-state index is 0.182. The molecule has 0 amide bonds. The van der Waals surface area contributed by atoms with E-state index >= 15 is 0 Å². The maximum absolute atomic E-state index is 5.47. The molecule has 0 aromatic heterocycles. The van der Waals surface area contributed by atoms with Gasteiger partial charge in [-0.3, -0.25) is 4.90 Å². The van der Waals surface area contributed by atoms with E-state index < -0.39 is 0 Å². The SMILES string of the molecule is CC(CNC1CC1)(CN1CCOCC1)c1ccccc1. The number of ether oxygens (including phenoxy) is 1. The maximum atomic E-state index is 5.47. The molecule has 3 heteroatoms. The molecule has 1 aromatic carbocycles. The van der Waals surface area contributed by atoms with Crippen molar-refractivity contribution in [2.75, 3.05) is 39.4 Å². The van der Waals surface area contributed by atoms with Crippen molar-refractivity contribution in [3.05, 3.63) is 35.9 Å². The molecule has 2 aliphatic rings. The van der Waals surface area contributed by atoms with Crippen molar-refractivity contribution in [1.82, 2.24) is 10.2 Å². The summed E-state index contributed by atoms with van der Waals surface area (Å²) in [4.78, 5) is 2.55. The molecule has 1 N–H and O–H groups in total. The van der Waals surface area contributed by atoms with Crippen molar-refractivity contribution in [2.45, 2.75) is 31.2 Å². The smallest absolute Gasteiger partial charge is 0.0594 e. The van der Waals surface area contributed by atoms with Crippen LogP contribution in [0.15, 0.2) is 30.3 Å². The highest BCUT2D eigenvalue weighted by Gasteiger charge is 2.32. The standard InChI is InChI=1S/C17H26N2O/c1-17(13-18-16-7-8-16,15-5-3-2-4-6-15)14-19-9-11-20-12-10-19/h2-6,16,18H,7-14H2,1H3. The van der Waals surface area contributed by atoms with Crippen LogP contribution >= 0.6 is 0 Å². The summed E-state index contributed by atoms with van der Waals surface area (Å²) in [5, 5.41) is 3.73. The van der Waals surface area contributed by atoms with Gasteiger partial charge >= 0.3 is 0 Å². The summed E-state index contributed by atoms with van der Waals surface area (Å²) in [6, 6.07) is 11.7. The molecule has 1 heterocycles. The molecule has 20 heavy (non-hydrogen) atoms. The lowest BCUT2D eigenvalue weighted by atomic mass is 9.81. The van der Waals surface area contributed by atoms with Crippen LogP contribution in [-0.4, -0.2) is 50.3 Å². The number of morpholine rings is 1. The molecule has 1 atom stereocenters. The monoisotopic (exact) mass is 274 g/mol. The van der Waals surface area contributed by atoms with E-state index in [1.54, 1.807) is 0 Å². The van der Waals surface area contributed by atoms with Gasteiger partial charge in [-0.05, 0) is 18.4 Å². The average Bonchev–Trinajstić information content (AvgIpc) is 3.32. The van der Waals surface area contributed by atoms with Gasteiger partial charge in [-0.25, -0.2) is 0 Å². The predicted molar refractivity (Wildman–Crippen MR) is 82.1 cm³/mol.